The molecule has 1 aliphatic carbocycles. The number of fused-ring (bicyclic) bond motifs is 2. The molecule has 0 saturated carbocycles. The van der Waals surface area contributed by atoms with Crippen molar-refractivity contribution in [3.05, 3.63) is 154 Å². The summed E-state index contributed by atoms with van der Waals surface area (Å²) in [7, 11) is 0. The quantitative estimate of drug-likeness (QED) is 0.0762. The standard InChI is InChI=1S/C14H8O4.2C10H10O2.C2H6O.Ti/c15-10-6-5-9-11(14(10)18)13(17)8-4-2-1-3-7(8)12(9)16;2*1-8(11)7-10(12)9-5-3-2-4-6-9;1-2-3;/h1-6,15,18H;2*2-7,11H,1H3;3H,2H2,1H3;/p+4/b;2*8-7-;;. The van der Waals surface area contributed by atoms with E-state index in [1.807, 2.05) is 36.4 Å². The van der Waals surface area contributed by atoms with Crippen molar-refractivity contribution < 1.29 is 66.4 Å². The molecule has 0 radical (unpaired) electrons. The minimum Gasteiger partial charge on any atom is -0.590 e. The first-order chi connectivity index (χ1) is 21.4. The first-order valence-electron chi connectivity index (χ1n) is 13.8. The van der Waals surface area contributed by atoms with Crippen LogP contribution in [-0.4, -0.2) is 64.9 Å². The molecule has 0 aliphatic heterocycles. The van der Waals surface area contributed by atoms with E-state index in [4.69, 9.17) is 20.4 Å². The minimum atomic E-state index is -0.388. The van der Waals surface area contributed by atoms with Crippen molar-refractivity contribution in [1.29, 1.82) is 0 Å². The average molecular weight is 663 g/mol. The molecule has 0 spiro atoms. The topological polar surface area (TPSA) is 183 Å². The van der Waals surface area contributed by atoms with Crippen LogP contribution in [0, 0.1) is 0 Å². The van der Waals surface area contributed by atoms with Gasteiger partial charge in [0.2, 0.25) is 11.5 Å². The zero-order valence-electron chi connectivity index (χ0n) is 25.7. The van der Waals surface area contributed by atoms with E-state index in [9.17, 15) is 24.3 Å². The summed E-state index contributed by atoms with van der Waals surface area (Å²) in [5, 5.41) is 41.1. The predicted molar refractivity (Wildman–Crippen MR) is 176 cm³/mol. The van der Waals surface area contributed by atoms with E-state index in [0.29, 0.717) is 23.3 Å². The van der Waals surface area contributed by atoms with Crippen LogP contribution in [0.1, 0.15) is 63.7 Å². The van der Waals surface area contributed by atoms with Gasteiger partial charge in [0, 0.05) is 45.3 Å². The number of phenols is 1. The van der Waals surface area contributed by atoms with Crippen LogP contribution in [0.4, 0.5) is 0 Å². The Morgan fingerprint density at radius 3 is 1.43 bits per heavy atom. The summed E-state index contributed by atoms with van der Waals surface area (Å²) in [6, 6.07) is 27.3. The Bertz CT molecular complexity index is 1640. The number of aliphatic hydroxyl groups is 2. The zero-order valence-corrected chi connectivity index (χ0v) is 27.2. The van der Waals surface area contributed by atoms with Gasteiger partial charge in [-0.3, -0.25) is 19.2 Å². The van der Waals surface area contributed by atoms with Gasteiger partial charge in [0.25, 0.3) is 0 Å². The predicted octanol–water partition coefficient (Wildman–Crippen LogP) is 5.42. The molecule has 0 fully saturated rings. The fraction of sp³-hybridized carbons (Fsp3) is 0.111. The molecular formula is C36H38O9Ti+4. The van der Waals surface area contributed by atoms with Crippen LogP contribution in [0.25, 0.3) is 0 Å². The fourth-order valence-corrected chi connectivity index (χ4v) is 3.96. The molecule has 0 heterocycles. The average Bonchev–Trinajstić information content (AvgIpc) is 3.02. The van der Waals surface area contributed by atoms with E-state index in [-0.39, 0.29) is 84.6 Å². The molecule has 0 saturated heterocycles. The van der Waals surface area contributed by atoms with Gasteiger partial charge in [-0.1, -0.05) is 60.7 Å². The molecule has 236 valence electrons. The summed E-state index contributed by atoms with van der Waals surface area (Å²) in [6.07, 6.45) is 2.63. The molecule has 10 heteroatoms. The number of aromatic hydroxyl groups is 1. The minimum absolute atomic E-state index is 0. The van der Waals surface area contributed by atoms with E-state index in [0.717, 1.165) is 0 Å². The van der Waals surface area contributed by atoms with Crippen LogP contribution in [-0.2, 0) is 21.7 Å². The Kier molecular flexibility index (Phi) is 16.4. The van der Waals surface area contributed by atoms with Crippen molar-refractivity contribution in [3.8, 4) is 11.5 Å². The second kappa shape index (κ2) is 19.3. The van der Waals surface area contributed by atoms with Gasteiger partial charge in [-0.2, -0.15) is 0 Å². The van der Waals surface area contributed by atoms with Gasteiger partial charge in [0.05, 0.1) is 34.8 Å². The van der Waals surface area contributed by atoms with Gasteiger partial charge < -0.3 is 25.5 Å². The van der Waals surface area contributed by atoms with Crippen LogP contribution in [0.15, 0.2) is 121 Å². The maximum absolute atomic E-state index is 12.2. The SMILES string of the molecule is C/C(O)=C/C(=[OH+])c1ccccc1.C/C(O)=C/C(=[OH+])c1ccccc1.CC[OH2+].O=C1c2ccccc2C(=O)c2c1ccc(O)c2[OH2+].[Ti]. The molecule has 9 N–H and O–H groups in total. The van der Waals surface area contributed by atoms with E-state index >= 15 is 0 Å². The number of benzene rings is 4. The van der Waals surface area contributed by atoms with Gasteiger partial charge in [0.15, 0.2) is 5.78 Å². The van der Waals surface area contributed by atoms with Crippen molar-refractivity contribution in [1.82, 2.24) is 0 Å². The van der Waals surface area contributed by atoms with Crippen LogP contribution in [0.3, 0.4) is 0 Å². The second-order valence-electron chi connectivity index (χ2n) is 9.51. The van der Waals surface area contributed by atoms with Crippen molar-refractivity contribution >= 4 is 23.1 Å². The van der Waals surface area contributed by atoms with Crippen molar-refractivity contribution in [2.24, 2.45) is 0 Å². The largest absolute Gasteiger partial charge is 0.590 e. The molecule has 0 atom stereocenters. The third-order valence-electron chi connectivity index (χ3n) is 5.90. The normalized spacial score (nSPS) is 11.4. The van der Waals surface area contributed by atoms with E-state index < -0.39 is 0 Å². The van der Waals surface area contributed by atoms with Gasteiger partial charge in [0.1, 0.15) is 12.2 Å². The van der Waals surface area contributed by atoms with E-state index in [1.54, 1.807) is 55.5 Å². The van der Waals surface area contributed by atoms with Crippen LogP contribution in [0.2, 0.25) is 0 Å². The summed E-state index contributed by atoms with van der Waals surface area (Å²) in [6.45, 7) is 5.32. The smallest absolute Gasteiger partial charge is 0.350 e. The third-order valence-corrected chi connectivity index (χ3v) is 5.90. The summed E-state index contributed by atoms with van der Waals surface area (Å²) in [5.74, 6) is -0.914. The third kappa shape index (κ3) is 11.1. The van der Waals surface area contributed by atoms with Gasteiger partial charge >= 0.3 is 17.3 Å². The number of aliphatic hydroxyl groups excluding tert-OH is 2. The van der Waals surface area contributed by atoms with Crippen molar-refractivity contribution in [2.75, 3.05) is 6.61 Å². The number of ketones is 4. The van der Waals surface area contributed by atoms with E-state index in [2.05, 4.69) is 0 Å². The summed E-state index contributed by atoms with van der Waals surface area (Å²) >= 11 is 0. The molecule has 4 aromatic rings. The second-order valence-corrected chi connectivity index (χ2v) is 9.51. The van der Waals surface area contributed by atoms with E-state index in [1.165, 1.54) is 38.1 Å². The number of carbonyl (C=O) groups excluding carboxylic acids is 4. The zero-order chi connectivity index (χ0) is 33.5. The molecule has 0 aromatic heterocycles. The molecule has 46 heavy (non-hydrogen) atoms. The van der Waals surface area contributed by atoms with Crippen LogP contribution < -0.4 is 0 Å². The number of phenolic OH excluding ortho intramolecular Hbond substituents is 1. The fourth-order valence-electron chi connectivity index (χ4n) is 3.96. The van der Waals surface area contributed by atoms with Crippen molar-refractivity contribution in [3.63, 3.8) is 0 Å². The molecular weight excluding hydrogens is 624 g/mol. The first-order valence-corrected chi connectivity index (χ1v) is 13.8. The van der Waals surface area contributed by atoms with Crippen LogP contribution in [0.5, 0.6) is 11.5 Å². The monoisotopic (exact) mass is 662 g/mol. The van der Waals surface area contributed by atoms with Gasteiger partial charge in [-0.05, 0) is 50.2 Å². The van der Waals surface area contributed by atoms with Gasteiger partial charge in [-0.15, -0.1) is 0 Å². The molecule has 5 rings (SSSR count). The maximum Gasteiger partial charge on any atom is 0.350 e. The number of allylic oxidation sites excluding steroid dienone is 4. The molecule has 0 amide bonds. The maximum atomic E-state index is 12.2. The summed E-state index contributed by atoms with van der Waals surface area (Å²) < 4.78 is 0. The van der Waals surface area contributed by atoms with Crippen LogP contribution >= 0.6 is 0 Å². The first kappa shape index (κ1) is 38.9. The molecule has 4 aromatic carbocycles. The molecule has 0 unspecified atom stereocenters. The molecule has 9 nitrogen and oxygen atoms in total. The summed E-state index contributed by atoms with van der Waals surface area (Å²) in [4.78, 5) is 43.2. The summed E-state index contributed by atoms with van der Waals surface area (Å²) in [5.41, 5.74) is 2.20. The molecule has 0 bridgehead atoms. The van der Waals surface area contributed by atoms with Gasteiger partial charge in [-0.25, -0.2) is 0 Å². The van der Waals surface area contributed by atoms with Crippen molar-refractivity contribution in [2.45, 2.75) is 20.8 Å². The number of hydrogen-bond acceptors (Lipinski definition) is 5. The Morgan fingerprint density at radius 1 is 0.674 bits per heavy atom. The Hall–Kier alpha value is -5.09. The number of carbonyl (C=O) groups is 2. The number of rotatable bonds is 4. The number of hydrogen-bond donors (Lipinski definition) is 3. The molecule has 1 aliphatic rings. The Balaban J connectivity index is 0.000000337. The Morgan fingerprint density at radius 2 is 1.04 bits per heavy atom. The Labute approximate surface area is 281 Å².